The lowest BCUT2D eigenvalue weighted by atomic mass is 10.1. The molecule has 2 aromatic rings. The Morgan fingerprint density at radius 2 is 1.90 bits per heavy atom. The van der Waals surface area contributed by atoms with Crippen molar-refractivity contribution in [1.82, 2.24) is 0 Å². The molecule has 0 spiro atoms. The van der Waals surface area contributed by atoms with Crippen molar-refractivity contribution in [2.45, 2.75) is 6.42 Å². The smallest absolute Gasteiger partial charge is 0.174 e. The van der Waals surface area contributed by atoms with E-state index in [4.69, 9.17) is 14.7 Å². The molecule has 0 saturated heterocycles. The highest BCUT2D eigenvalue weighted by molar-refractivity contribution is 5.82. The van der Waals surface area contributed by atoms with Gasteiger partial charge in [0.15, 0.2) is 17.3 Å². The van der Waals surface area contributed by atoms with Crippen LogP contribution in [-0.4, -0.2) is 19.5 Å². The topological polar surface area (TPSA) is 59.3 Å². The number of carbonyl (C=O) groups excluding carboxylic acids is 1. The van der Waals surface area contributed by atoms with Gasteiger partial charge in [-0.25, -0.2) is 0 Å². The van der Waals surface area contributed by atoms with Gasteiger partial charge in [0.2, 0.25) is 0 Å². The Bertz CT molecular complexity index is 659. The van der Waals surface area contributed by atoms with Crippen LogP contribution in [0.4, 0.5) is 0 Å². The highest BCUT2D eigenvalue weighted by atomic mass is 16.5. The fraction of sp³-hybridized carbons (Fsp3) is 0.176. The number of methoxy groups -OCH3 is 1. The molecule has 0 fully saturated rings. The van der Waals surface area contributed by atoms with E-state index < -0.39 is 0 Å². The fourth-order valence-electron chi connectivity index (χ4n) is 1.89. The van der Waals surface area contributed by atoms with Gasteiger partial charge in [-0.1, -0.05) is 30.3 Å². The van der Waals surface area contributed by atoms with Gasteiger partial charge in [-0.05, 0) is 17.7 Å². The van der Waals surface area contributed by atoms with Crippen LogP contribution in [0.15, 0.2) is 48.5 Å². The van der Waals surface area contributed by atoms with Crippen molar-refractivity contribution >= 4 is 5.78 Å². The maximum Gasteiger partial charge on any atom is 0.174 e. The highest BCUT2D eigenvalue weighted by Crippen LogP contribution is 2.27. The molecule has 4 nitrogen and oxygen atoms in total. The third-order valence-electron chi connectivity index (χ3n) is 2.93. The van der Waals surface area contributed by atoms with E-state index in [0.717, 1.165) is 5.56 Å². The maximum atomic E-state index is 11.9. The Morgan fingerprint density at radius 3 is 2.57 bits per heavy atom. The zero-order valence-corrected chi connectivity index (χ0v) is 11.7. The predicted molar refractivity (Wildman–Crippen MR) is 78.4 cm³/mol. The number of Topliss-reactive ketones (excluding diaryl/α,β-unsaturated/α-hetero) is 1. The quantitative estimate of drug-likeness (QED) is 0.817. The minimum atomic E-state index is -0.0306. The molecule has 0 bridgehead atoms. The molecule has 2 rings (SSSR count). The number of nitriles is 1. The number of carbonyl (C=O) groups is 1. The van der Waals surface area contributed by atoms with Crippen LogP contribution >= 0.6 is 0 Å². The summed E-state index contributed by atoms with van der Waals surface area (Å²) in [4.78, 5) is 11.9. The molecular weight excluding hydrogens is 266 g/mol. The van der Waals surface area contributed by atoms with E-state index in [1.807, 2.05) is 36.4 Å². The first-order valence-electron chi connectivity index (χ1n) is 6.49. The number of benzene rings is 2. The predicted octanol–water partition coefficient (Wildman–Crippen LogP) is 2.76. The van der Waals surface area contributed by atoms with Crippen molar-refractivity contribution in [1.29, 1.82) is 5.26 Å². The second-order valence-corrected chi connectivity index (χ2v) is 4.47. The van der Waals surface area contributed by atoms with Crippen LogP contribution in [0, 0.1) is 11.3 Å². The molecule has 0 saturated carbocycles. The number of hydrogen-bond donors (Lipinski definition) is 0. The lowest BCUT2D eigenvalue weighted by Gasteiger charge is -2.10. The summed E-state index contributed by atoms with van der Waals surface area (Å²) >= 11 is 0. The lowest BCUT2D eigenvalue weighted by Crippen LogP contribution is -2.14. The van der Waals surface area contributed by atoms with Crippen LogP contribution in [0.25, 0.3) is 0 Å². The molecule has 2 aromatic carbocycles. The highest BCUT2D eigenvalue weighted by Gasteiger charge is 2.09. The third kappa shape index (κ3) is 4.08. The van der Waals surface area contributed by atoms with Crippen LogP contribution in [0.2, 0.25) is 0 Å². The van der Waals surface area contributed by atoms with Gasteiger partial charge in [0, 0.05) is 12.5 Å². The Balaban J connectivity index is 1.97. The molecule has 0 atom stereocenters. The first-order valence-corrected chi connectivity index (χ1v) is 6.49. The first kappa shape index (κ1) is 14.6. The lowest BCUT2D eigenvalue weighted by molar-refractivity contribution is -0.120. The molecule has 0 aliphatic rings. The number of rotatable bonds is 6. The normalized spacial score (nSPS) is 9.71. The second kappa shape index (κ2) is 7.11. The number of ether oxygens (including phenoxy) is 2. The van der Waals surface area contributed by atoms with Gasteiger partial charge in [0.1, 0.15) is 6.61 Å². The van der Waals surface area contributed by atoms with Crippen LogP contribution in [0.5, 0.6) is 11.5 Å². The molecule has 0 N–H and O–H groups in total. The summed E-state index contributed by atoms with van der Waals surface area (Å²) in [6, 6.07) is 16.4. The minimum absolute atomic E-state index is 0.0207. The molecule has 0 heterocycles. The van der Waals surface area contributed by atoms with Crippen molar-refractivity contribution < 1.29 is 14.3 Å². The van der Waals surface area contributed by atoms with Gasteiger partial charge in [0.25, 0.3) is 0 Å². The summed E-state index contributed by atoms with van der Waals surface area (Å²) in [6.45, 7) is -0.0306. The summed E-state index contributed by atoms with van der Waals surface area (Å²) in [5.74, 6) is 0.882. The molecule has 0 radical (unpaired) electrons. The molecule has 4 heteroatoms. The average Bonchev–Trinajstić information content (AvgIpc) is 2.53. The molecule has 0 unspecified atom stereocenters. The van der Waals surface area contributed by atoms with Crippen LogP contribution in [-0.2, 0) is 11.2 Å². The zero-order valence-electron chi connectivity index (χ0n) is 11.7. The van der Waals surface area contributed by atoms with Crippen LogP contribution in [0.3, 0.4) is 0 Å². The number of nitrogens with zero attached hydrogens (tertiary/aromatic N) is 1. The van der Waals surface area contributed by atoms with Crippen molar-refractivity contribution in [2.24, 2.45) is 0 Å². The van der Waals surface area contributed by atoms with E-state index in [2.05, 4.69) is 0 Å². The van der Waals surface area contributed by atoms with Crippen molar-refractivity contribution in [3.63, 3.8) is 0 Å². The van der Waals surface area contributed by atoms with Gasteiger partial charge in [-0.3, -0.25) is 4.79 Å². The standard InChI is InChI=1S/C17H15NO3/c1-20-17-10-14(11-18)7-8-16(17)21-12-15(19)9-13-5-3-2-4-6-13/h2-8,10H,9,12H2,1H3. The summed E-state index contributed by atoms with van der Waals surface area (Å²) in [6.07, 6.45) is 0.333. The second-order valence-electron chi connectivity index (χ2n) is 4.47. The molecule has 21 heavy (non-hydrogen) atoms. The summed E-state index contributed by atoms with van der Waals surface area (Å²) in [5.41, 5.74) is 1.44. The van der Waals surface area contributed by atoms with Gasteiger partial charge in [0.05, 0.1) is 18.7 Å². The zero-order chi connectivity index (χ0) is 15.1. The van der Waals surface area contributed by atoms with Crippen LogP contribution < -0.4 is 9.47 Å². The monoisotopic (exact) mass is 281 g/mol. The molecule has 0 aromatic heterocycles. The molecule has 0 aliphatic carbocycles. The van der Waals surface area contributed by atoms with E-state index in [1.165, 1.54) is 7.11 Å². The minimum Gasteiger partial charge on any atom is -0.493 e. The average molecular weight is 281 g/mol. The summed E-state index contributed by atoms with van der Waals surface area (Å²) in [5, 5.41) is 8.83. The Kier molecular flexibility index (Phi) is 4.94. The van der Waals surface area contributed by atoms with E-state index in [9.17, 15) is 4.79 Å². The molecule has 0 aliphatic heterocycles. The fourth-order valence-corrected chi connectivity index (χ4v) is 1.89. The molecule has 0 amide bonds. The molecule has 106 valence electrons. The van der Waals surface area contributed by atoms with E-state index in [0.29, 0.717) is 23.5 Å². The van der Waals surface area contributed by atoms with Gasteiger partial charge in [-0.2, -0.15) is 5.26 Å². The summed E-state index contributed by atoms with van der Waals surface area (Å²) in [7, 11) is 1.50. The van der Waals surface area contributed by atoms with E-state index in [-0.39, 0.29) is 12.4 Å². The van der Waals surface area contributed by atoms with Crippen molar-refractivity contribution in [2.75, 3.05) is 13.7 Å². The summed E-state index contributed by atoms with van der Waals surface area (Å²) < 4.78 is 10.6. The first-order chi connectivity index (χ1) is 10.2. The maximum absolute atomic E-state index is 11.9. The Labute approximate surface area is 123 Å². The number of hydrogen-bond acceptors (Lipinski definition) is 4. The number of ketones is 1. The van der Waals surface area contributed by atoms with Crippen molar-refractivity contribution in [3.05, 3.63) is 59.7 Å². The SMILES string of the molecule is COc1cc(C#N)ccc1OCC(=O)Cc1ccccc1. The largest absolute Gasteiger partial charge is 0.493 e. The third-order valence-corrected chi connectivity index (χ3v) is 2.93. The molecular formula is C17H15NO3. The Hall–Kier alpha value is -2.80. The van der Waals surface area contributed by atoms with Gasteiger partial charge in [-0.15, -0.1) is 0 Å². The van der Waals surface area contributed by atoms with E-state index in [1.54, 1.807) is 18.2 Å². The van der Waals surface area contributed by atoms with Gasteiger partial charge < -0.3 is 9.47 Å². The Morgan fingerprint density at radius 1 is 1.14 bits per heavy atom. The van der Waals surface area contributed by atoms with Gasteiger partial charge >= 0.3 is 0 Å². The van der Waals surface area contributed by atoms with E-state index >= 15 is 0 Å². The van der Waals surface area contributed by atoms with Crippen LogP contribution in [0.1, 0.15) is 11.1 Å². The van der Waals surface area contributed by atoms with Crippen molar-refractivity contribution in [3.8, 4) is 17.6 Å².